The van der Waals surface area contributed by atoms with Crippen molar-refractivity contribution in [1.29, 1.82) is 0 Å². The standard InChI is InChI=1S/C17H14Cl2FNO5/c1-24-9-3-4-14(15(5-9)25-2)21-16(22)8-26-17(23)10-6-13(20)12(19)7-11(10)18/h3-7H,8H2,1-2H3,(H,21,22). The number of hydrogen-bond donors (Lipinski definition) is 1. The minimum absolute atomic E-state index is 0.0846. The van der Waals surface area contributed by atoms with Crippen LogP contribution in [0.15, 0.2) is 30.3 Å². The Morgan fingerprint density at radius 1 is 1.08 bits per heavy atom. The van der Waals surface area contributed by atoms with Crippen LogP contribution in [0.2, 0.25) is 10.0 Å². The SMILES string of the molecule is COc1ccc(NC(=O)COC(=O)c2cc(F)c(Cl)cc2Cl)c(OC)c1. The number of methoxy groups -OCH3 is 2. The third kappa shape index (κ3) is 4.77. The molecular weight excluding hydrogens is 388 g/mol. The number of hydrogen-bond acceptors (Lipinski definition) is 5. The van der Waals surface area contributed by atoms with Gasteiger partial charge in [0, 0.05) is 6.07 Å². The first-order chi connectivity index (χ1) is 12.3. The summed E-state index contributed by atoms with van der Waals surface area (Å²) >= 11 is 11.4. The molecule has 138 valence electrons. The predicted molar refractivity (Wildman–Crippen MR) is 94.9 cm³/mol. The topological polar surface area (TPSA) is 73.9 Å². The van der Waals surface area contributed by atoms with Crippen LogP contribution in [0.4, 0.5) is 10.1 Å². The van der Waals surface area contributed by atoms with Gasteiger partial charge in [-0.2, -0.15) is 0 Å². The number of esters is 1. The van der Waals surface area contributed by atoms with Crippen LogP contribution in [0.5, 0.6) is 11.5 Å². The lowest BCUT2D eigenvalue weighted by Gasteiger charge is -2.12. The van der Waals surface area contributed by atoms with Gasteiger partial charge in [-0.1, -0.05) is 23.2 Å². The highest BCUT2D eigenvalue weighted by Crippen LogP contribution is 2.29. The molecule has 0 spiro atoms. The van der Waals surface area contributed by atoms with E-state index < -0.39 is 24.3 Å². The largest absolute Gasteiger partial charge is 0.497 e. The zero-order valence-electron chi connectivity index (χ0n) is 13.8. The maximum Gasteiger partial charge on any atom is 0.340 e. The summed E-state index contributed by atoms with van der Waals surface area (Å²) < 4.78 is 28.5. The smallest absolute Gasteiger partial charge is 0.340 e. The second kappa shape index (κ2) is 8.73. The highest BCUT2D eigenvalue weighted by atomic mass is 35.5. The van der Waals surface area contributed by atoms with Crippen molar-refractivity contribution in [3.63, 3.8) is 0 Å². The molecule has 0 heterocycles. The molecule has 2 aromatic rings. The average molecular weight is 402 g/mol. The maximum atomic E-state index is 13.4. The van der Waals surface area contributed by atoms with E-state index in [1.54, 1.807) is 18.2 Å². The summed E-state index contributed by atoms with van der Waals surface area (Å²) in [5.74, 6) is -1.48. The molecule has 0 radical (unpaired) electrons. The molecule has 0 aliphatic rings. The van der Waals surface area contributed by atoms with Gasteiger partial charge < -0.3 is 19.5 Å². The van der Waals surface area contributed by atoms with E-state index in [1.165, 1.54) is 14.2 Å². The molecule has 0 fully saturated rings. The van der Waals surface area contributed by atoms with Crippen LogP contribution in [0.1, 0.15) is 10.4 Å². The Morgan fingerprint density at radius 3 is 2.46 bits per heavy atom. The monoisotopic (exact) mass is 401 g/mol. The maximum absolute atomic E-state index is 13.4. The quantitative estimate of drug-likeness (QED) is 0.585. The first-order valence-electron chi connectivity index (χ1n) is 7.19. The van der Waals surface area contributed by atoms with Gasteiger partial charge >= 0.3 is 5.97 Å². The highest BCUT2D eigenvalue weighted by Gasteiger charge is 2.17. The van der Waals surface area contributed by atoms with Crippen LogP contribution >= 0.6 is 23.2 Å². The summed E-state index contributed by atoms with van der Waals surface area (Å²) in [7, 11) is 2.93. The van der Waals surface area contributed by atoms with Gasteiger partial charge in [-0.15, -0.1) is 0 Å². The van der Waals surface area contributed by atoms with E-state index in [1.807, 2.05) is 0 Å². The summed E-state index contributed by atoms with van der Waals surface area (Å²) in [6.07, 6.45) is 0. The summed E-state index contributed by atoms with van der Waals surface area (Å²) in [4.78, 5) is 23.9. The molecule has 1 amide bonds. The van der Waals surface area contributed by atoms with Gasteiger partial charge in [0.25, 0.3) is 5.91 Å². The molecule has 0 aromatic heterocycles. The van der Waals surface area contributed by atoms with Crippen molar-refractivity contribution in [2.24, 2.45) is 0 Å². The lowest BCUT2D eigenvalue weighted by Crippen LogP contribution is -2.21. The Bertz CT molecular complexity index is 844. The molecule has 0 aliphatic carbocycles. The van der Waals surface area contributed by atoms with E-state index in [-0.39, 0.29) is 15.6 Å². The number of anilines is 1. The Hall–Kier alpha value is -2.51. The summed E-state index contributed by atoms with van der Waals surface area (Å²) in [6, 6.07) is 6.70. The zero-order valence-corrected chi connectivity index (χ0v) is 15.3. The number of benzene rings is 2. The van der Waals surface area contributed by atoms with Crippen LogP contribution < -0.4 is 14.8 Å². The summed E-state index contributed by atoms with van der Waals surface area (Å²) in [6.45, 7) is -0.603. The zero-order chi connectivity index (χ0) is 19.3. The normalized spacial score (nSPS) is 10.2. The lowest BCUT2D eigenvalue weighted by molar-refractivity contribution is -0.119. The second-order valence-corrected chi connectivity index (χ2v) is 5.75. The third-order valence-electron chi connectivity index (χ3n) is 3.25. The molecule has 26 heavy (non-hydrogen) atoms. The van der Waals surface area contributed by atoms with Crippen molar-refractivity contribution in [1.82, 2.24) is 0 Å². The Kier molecular flexibility index (Phi) is 6.65. The second-order valence-electron chi connectivity index (χ2n) is 4.94. The molecule has 0 atom stereocenters. The van der Waals surface area contributed by atoms with Gasteiger partial charge in [0.1, 0.15) is 17.3 Å². The van der Waals surface area contributed by atoms with Gasteiger partial charge in [0.15, 0.2) is 6.61 Å². The molecule has 1 N–H and O–H groups in total. The van der Waals surface area contributed by atoms with Crippen LogP contribution in [0.25, 0.3) is 0 Å². The fraction of sp³-hybridized carbons (Fsp3) is 0.176. The molecule has 2 aromatic carbocycles. The van der Waals surface area contributed by atoms with Crippen molar-refractivity contribution in [2.45, 2.75) is 0 Å². The Morgan fingerprint density at radius 2 is 1.81 bits per heavy atom. The molecule has 2 rings (SSSR count). The van der Waals surface area contributed by atoms with Crippen molar-refractivity contribution in [3.05, 3.63) is 51.8 Å². The minimum atomic E-state index is -0.956. The molecule has 6 nitrogen and oxygen atoms in total. The molecule has 0 saturated carbocycles. The van der Waals surface area contributed by atoms with E-state index in [0.717, 1.165) is 12.1 Å². The lowest BCUT2D eigenvalue weighted by atomic mass is 10.2. The third-order valence-corrected chi connectivity index (χ3v) is 3.85. The van der Waals surface area contributed by atoms with E-state index in [0.29, 0.717) is 17.2 Å². The van der Waals surface area contributed by atoms with Gasteiger partial charge in [0.05, 0.1) is 35.5 Å². The number of nitrogens with one attached hydrogen (secondary N) is 1. The Balaban J connectivity index is 2.01. The molecule has 0 unspecified atom stereocenters. The van der Waals surface area contributed by atoms with Crippen molar-refractivity contribution in [2.75, 3.05) is 26.1 Å². The van der Waals surface area contributed by atoms with E-state index in [2.05, 4.69) is 5.32 Å². The Labute approximate surface area is 158 Å². The fourth-order valence-electron chi connectivity index (χ4n) is 1.98. The van der Waals surface area contributed by atoms with Crippen LogP contribution in [0.3, 0.4) is 0 Å². The van der Waals surface area contributed by atoms with E-state index >= 15 is 0 Å². The van der Waals surface area contributed by atoms with Crippen molar-refractivity contribution in [3.8, 4) is 11.5 Å². The van der Waals surface area contributed by atoms with E-state index in [4.69, 9.17) is 37.4 Å². The van der Waals surface area contributed by atoms with Crippen molar-refractivity contribution >= 4 is 40.8 Å². The van der Waals surface area contributed by atoms with Gasteiger partial charge in [-0.3, -0.25) is 4.79 Å². The summed E-state index contributed by atoms with van der Waals surface area (Å²) in [5.41, 5.74) is 0.133. The number of carbonyl (C=O) groups excluding carboxylic acids is 2. The predicted octanol–water partition coefficient (Wildman–Crippen LogP) is 3.95. The number of carbonyl (C=O) groups is 2. The van der Waals surface area contributed by atoms with Gasteiger partial charge in [0.2, 0.25) is 0 Å². The van der Waals surface area contributed by atoms with Gasteiger partial charge in [-0.05, 0) is 24.3 Å². The minimum Gasteiger partial charge on any atom is -0.497 e. The highest BCUT2D eigenvalue weighted by molar-refractivity contribution is 6.36. The molecular formula is C17H14Cl2FNO5. The van der Waals surface area contributed by atoms with E-state index in [9.17, 15) is 14.0 Å². The first-order valence-corrected chi connectivity index (χ1v) is 7.94. The number of ether oxygens (including phenoxy) is 3. The fourth-order valence-corrected chi connectivity index (χ4v) is 2.44. The van der Waals surface area contributed by atoms with Crippen LogP contribution in [-0.2, 0) is 9.53 Å². The van der Waals surface area contributed by atoms with Crippen LogP contribution in [-0.4, -0.2) is 32.7 Å². The first kappa shape index (κ1) is 19.8. The van der Waals surface area contributed by atoms with Crippen LogP contribution in [0, 0.1) is 5.82 Å². The van der Waals surface area contributed by atoms with Crippen molar-refractivity contribution < 1.29 is 28.2 Å². The summed E-state index contributed by atoms with van der Waals surface area (Å²) in [5, 5.41) is 2.22. The molecule has 9 heteroatoms. The molecule has 0 bridgehead atoms. The molecule has 0 aliphatic heterocycles. The molecule has 0 saturated heterocycles. The average Bonchev–Trinajstić information content (AvgIpc) is 2.63. The van der Waals surface area contributed by atoms with Gasteiger partial charge in [-0.25, -0.2) is 9.18 Å². The number of halogens is 3. The number of amides is 1. The number of rotatable bonds is 6.